The number of benzene rings is 3. The molecule has 3 aromatic rings. The SMILES string of the molecule is CS(=O)c1ccc(F)cc1S(=O)(=O)Nc1ccc(N)c(C(=N)c2ccccc2)c1. The summed E-state index contributed by atoms with van der Waals surface area (Å²) < 4.78 is 53.5. The molecule has 6 nitrogen and oxygen atoms in total. The van der Waals surface area contributed by atoms with Crippen molar-refractivity contribution >= 4 is 37.9 Å². The zero-order chi connectivity index (χ0) is 21.2. The standard InChI is InChI=1S/C20H18FN3O3S2/c1-28(25)18-10-7-14(21)11-19(18)29(26,27)24-15-8-9-17(22)16(12-15)20(23)13-5-3-2-4-6-13/h2-12,23-24H,22H2,1H3. The van der Waals surface area contributed by atoms with E-state index in [0.717, 1.165) is 12.1 Å². The van der Waals surface area contributed by atoms with Gasteiger partial charge in [0.2, 0.25) is 0 Å². The summed E-state index contributed by atoms with van der Waals surface area (Å²) in [6.45, 7) is 0. The Labute approximate surface area is 170 Å². The Kier molecular flexibility index (Phi) is 5.81. The summed E-state index contributed by atoms with van der Waals surface area (Å²) in [5.74, 6) is -0.761. The number of nitrogens with two attached hydrogens (primary N) is 1. The Balaban J connectivity index is 2.00. The molecule has 0 aliphatic heterocycles. The van der Waals surface area contributed by atoms with Crippen LogP contribution >= 0.6 is 0 Å². The van der Waals surface area contributed by atoms with Gasteiger partial charge in [0.05, 0.1) is 21.4 Å². The van der Waals surface area contributed by atoms with E-state index in [1.807, 2.05) is 6.07 Å². The highest BCUT2D eigenvalue weighted by molar-refractivity contribution is 7.93. The highest BCUT2D eigenvalue weighted by Gasteiger charge is 2.22. The predicted molar refractivity (Wildman–Crippen MR) is 113 cm³/mol. The topological polar surface area (TPSA) is 113 Å². The first-order valence-electron chi connectivity index (χ1n) is 8.39. The van der Waals surface area contributed by atoms with Gasteiger partial charge in [0, 0.05) is 28.8 Å². The minimum atomic E-state index is -4.23. The second-order valence-corrected chi connectivity index (χ2v) is 9.19. The fourth-order valence-corrected chi connectivity index (χ4v) is 5.17. The fraction of sp³-hybridized carbons (Fsp3) is 0.0500. The second kappa shape index (κ2) is 8.14. The van der Waals surface area contributed by atoms with E-state index in [1.165, 1.54) is 30.5 Å². The van der Waals surface area contributed by atoms with E-state index in [4.69, 9.17) is 11.1 Å². The van der Waals surface area contributed by atoms with Gasteiger partial charge in [0.25, 0.3) is 10.0 Å². The third kappa shape index (κ3) is 4.52. The molecular formula is C20H18FN3O3S2. The number of anilines is 2. The van der Waals surface area contributed by atoms with E-state index in [-0.39, 0.29) is 16.3 Å². The molecule has 3 rings (SSSR count). The van der Waals surface area contributed by atoms with Crippen molar-refractivity contribution in [3.05, 3.63) is 83.7 Å². The second-order valence-electron chi connectivity index (χ2n) is 6.19. The number of hydrogen-bond acceptors (Lipinski definition) is 5. The molecule has 150 valence electrons. The minimum absolute atomic E-state index is 0.00778. The van der Waals surface area contributed by atoms with Crippen LogP contribution in [0.3, 0.4) is 0 Å². The third-order valence-electron chi connectivity index (χ3n) is 4.14. The number of rotatable bonds is 6. The third-order valence-corrected chi connectivity index (χ3v) is 6.67. The van der Waals surface area contributed by atoms with Crippen molar-refractivity contribution in [1.82, 2.24) is 0 Å². The number of sulfonamides is 1. The van der Waals surface area contributed by atoms with Crippen LogP contribution in [0.5, 0.6) is 0 Å². The average molecular weight is 432 g/mol. The Hall–Kier alpha value is -3.04. The van der Waals surface area contributed by atoms with Crippen LogP contribution in [0.25, 0.3) is 0 Å². The summed E-state index contributed by atoms with van der Waals surface area (Å²) in [5, 5.41) is 8.37. The molecule has 1 atom stereocenters. The molecule has 0 saturated carbocycles. The van der Waals surface area contributed by atoms with Crippen molar-refractivity contribution in [2.75, 3.05) is 16.7 Å². The molecule has 4 N–H and O–H groups in total. The first-order valence-corrected chi connectivity index (χ1v) is 11.4. The van der Waals surface area contributed by atoms with E-state index >= 15 is 0 Å². The van der Waals surface area contributed by atoms with Gasteiger partial charge in [0.1, 0.15) is 10.7 Å². The first kappa shape index (κ1) is 20.7. The lowest BCUT2D eigenvalue weighted by Gasteiger charge is -2.14. The predicted octanol–water partition coefficient (Wildman–Crippen LogP) is 3.36. The van der Waals surface area contributed by atoms with E-state index < -0.39 is 31.5 Å². The van der Waals surface area contributed by atoms with Gasteiger partial charge in [-0.15, -0.1) is 0 Å². The summed E-state index contributed by atoms with van der Waals surface area (Å²) in [4.78, 5) is -0.415. The highest BCUT2D eigenvalue weighted by atomic mass is 32.2. The van der Waals surface area contributed by atoms with Crippen molar-refractivity contribution in [3.8, 4) is 0 Å². The number of nitrogens with one attached hydrogen (secondary N) is 2. The first-order chi connectivity index (χ1) is 13.7. The highest BCUT2D eigenvalue weighted by Crippen LogP contribution is 2.26. The van der Waals surface area contributed by atoms with Crippen molar-refractivity contribution < 1.29 is 17.0 Å². The van der Waals surface area contributed by atoms with Crippen LogP contribution in [0.2, 0.25) is 0 Å². The van der Waals surface area contributed by atoms with Gasteiger partial charge in [-0.25, -0.2) is 12.8 Å². The number of halogens is 1. The average Bonchev–Trinajstić information content (AvgIpc) is 2.69. The lowest BCUT2D eigenvalue weighted by atomic mass is 10.0. The maximum Gasteiger partial charge on any atom is 0.263 e. The normalized spacial score (nSPS) is 12.3. The molecule has 0 spiro atoms. The lowest BCUT2D eigenvalue weighted by Crippen LogP contribution is -2.16. The summed E-state index contributed by atoms with van der Waals surface area (Å²) in [7, 11) is -5.86. The van der Waals surface area contributed by atoms with Crippen LogP contribution in [0.4, 0.5) is 15.8 Å². The van der Waals surface area contributed by atoms with Crippen LogP contribution in [0.15, 0.2) is 76.5 Å². The molecule has 1 unspecified atom stereocenters. The van der Waals surface area contributed by atoms with Gasteiger partial charge in [-0.05, 0) is 36.4 Å². The van der Waals surface area contributed by atoms with Gasteiger partial charge in [-0.2, -0.15) is 0 Å². The summed E-state index contributed by atoms with van der Waals surface area (Å²) in [5.41, 5.74) is 7.52. The number of nitrogen functional groups attached to an aromatic ring is 1. The number of hydrogen-bond donors (Lipinski definition) is 3. The lowest BCUT2D eigenvalue weighted by molar-refractivity contribution is 0.591. The smallest absolute Gasteiger partial charge is 0.263 e. The molecule has 29 heavy (non-hydrogen) atoms. The van der Waals surface area contributed by atoms with Gasteiger partial charge in [-0.3, -0.25) is 14.3 Å². The maximum absolute atomic E-state index is 13.7. The van der Waals surface area contributed by atoms with E-state index in [0.29, 0.717) is 16.8 Å². The quantitative estimate of drug-likeness (QED) is 0.410. The summed E-state index contributed by atoms with van der Waals surface area (Å²) in [6, 6.07) is 16.3. The van der Waals surface area contributed by atoms with Crippen molar-refractivity contribution in [1.29, 1.82) is 5.41 Å². The zero-order valence-electron chi connectivity index (χ0n) is 15.3. The molecule has 9 heteroatoms. The van der Waals surface area contributed by atoms with Crippen molar-refractivity contribution in [2.24, 2.45) is 0 Å². The van der Waals surface area contributed by atoms with Crippen LogP contribution < -0.4 is 10.5 Å². The van der Waals surface area contributed by atoms with E-state index in [1.54, 1.807) is 24.3 Å². The molecule has 0 bridgehead atoms. The molecule has 0 saturated heterocycles. The van der Waals surface area contributed by atoms with Gasteiger partial charge in [0.15, 0.2) is 0 Å². The minimum Gasteiger partial charge on any atom is -0.398 e. The molecule has 0 amide bonds. The molecule has 0 fully saturated rings. The molecule has 0 aromatic heterocycles. The van der Waals surface area contributed by atoms with Crippen LogP contribution in [-0.2, 0) is 20.8 Å². The maximum atomic E-state index is 13.7. The molecule has 3 aromatic carbocycles. The monoisotopic (exact) mass is 431 g/mol. The molecule has 0 heterocycles. The van der Waals surface area contributed by atoms with E-state index in [9.17, 15) is 17.0 Å². The zero-order valence-corrected chi connectivity index (χ0v) is 17.0. The van der Waals surface area contributed by atoms with Gasteiger partial charge >= 0.3 is 0 Å². The Morgan fingerprint density at radius 2 is 1.76 bits per heavy atom. The van der Waals surface area contributed by atoms with Crippen LogP contribution in [0.1, 0.15) is 11.1 Å². The van der Waals surface area contributed by atoms with Gasteiger partial charge in [-0.1, -0.05) is 30.3 Å². The van der Waals surface area contributed by atoms with Crippen molar-refractivity contribution in [2.45, 2.75) is 9.79 Å². The fourth-order valence-electron chi connectivity index (χ4n) is 2.74. The Morgan fingerprint density at radius 1 is 1.07 bits per heavy atom. The van der Waals surface area contributed by atoms with Crippen LogP contribution in [0, 0.1) is 11.2 Å². The van der Waals surface area contributed by atoms with Crippen LogP contribution in [-0.4, -0.2) is 24.6 Å². The Bertz CT molecular complexity index is 1210. The van der Waals surface area contributed by atoms with Crippen molar-refractivity contribution in [3.63, 3.8) is 0 Å². The molecular weight excluding hydrogens is 413 g/mol. The molecule has 0 aliphatic carbocycles. The Morgan fingerprint density at radius 3 is 2.41 bits per heavy atom. The van der Waals surface area contributed by atoms with Gasteiger partial charge < -0.3 is 5.73 Å². The van der Waals surface area contributed by atoms with E-state index in [2.05, 4.69) is 4.72 Å². The largest absolute Gasteiger partial charge is 0.398 e. The summed E-state index contributed by atoms with van der Waals surface area (Å²) in [6.07, 6.45) is 1.31. The molecule has 0 aliphatic rings. The molecule has 0 radical (unpaired) electrons. The summed E-state index contributed by atoms with van der Waals surface area (Å²) >= 11 is 0.